The second-order valence-electron chi connectivity index (χ2n) is 7.14. The maximum absolute atomic E-state index is 12.3. The number of ether oxygens (including phenoxy) is 4. The van der Waals surface area contributed by atoms with E-state index in [2.05, 4.69) is 5.32 Å². The first-order valence-electron chi connectivity index (χ1n) is 10.4. The lowest BCUT2D eigenvalue weighted by molar-refractivity contribution is 0.104. The summed E-state index contributed by atoms with van der Waals surface area (Å²) >= 11 is 0. The van der Waals surface area contributed by atoms with Gasteiger partial charge in [0.25, 0.3) is 0 Å². The fourth-order valence-electron chi connectivity index (χ4n) is 3.23. The molecule has 0 unspecified atom stereocenters. The largest absolute Gasteiger partial charge is 0.504 e. The molecule has 0 aromatic heterocycles. The van der Waals surface area contributed by atoms with Gasteiger partial charge in [-0.3, -0.25) is 4.79 Å². The molecule has 0 radical (unpaired) electrons. The molecule has 0 amide bonds. The number of ketones is 1. The van der Waals surface area contributed by atoms with Gasteiger partial charge in [0.1, 0.15) is 0 Å². The van der Waals surface area contributed by atoms with Crippen LogP contribution in [-0.4, -0.2) is 39.3 Å². The molecule has 0 bridgehead atoms. The zero-order chi connectivity index (χ0) is 24.5. The van der Waals surface area contributed by atoms with Crippen molar-refractivity contribution in [2.24, 2.45) is 0 Å². The Morgan fingerprint density at radius 3 is 1.94 bits per heavy atom. The Morgan fingerprint density at radius 2 is 1.38 bits per heavy atom. The van der Waals surface area contributed by atoms with E-state index in [1.54, 1.807) is 39.7 Å². The zero-order valence-electron chi connectivity index (χ0n) is 19.5. The van der Waals surface area contributed by atoms with Crippen LogP contribution in [-0.2, 0) is 0 Å². The SMILES string of the molecule is COc1ccc(C(=O)C=CNc2ccc(C=Cc3cc(OC)c(OC)c(OC)c3)cc2)cc1O. The first-order valence-corrected chi connectivity index (χ1v) is 10.4. The highest BCUT2D eigenvalue weighted by molar-refractivity contribution is 6.05. The smallest absolute Gasteiger partial charge is 0.203 e. The van der Waals surface area contributed by atoms with Crippen LogP contribution in [0.2, 0.25) is 0 Å². The molecule has 34 heavy (non-hydrogen) atoms. The number of rotatable bonds is 10. The summed E-state index contributed by atoms with van der Waals surface area (Å²) in [5, 5.41) is 12.9. The van der Waals surface area contributed by atoms with Gasteiger partial charge in [0.15, 0.2) is 28.8 Å². The van der Waals surface area contributed by atoms with Crippen LogP contribution in [0, 0.1) is 0 Å². The molecule has 3 aromatic rings. The maximum atomic E-state index is 12.3. The Labute approximate surface area is 198 Å². The van der Waals surface area contributed by atoms with Gasteiger partial charge < -0.3 is 29.4 Å². The Morgan fingerprint density at radius 1 is 0.765 bits per heavy atom. The number of hydrogen-bond donors (Lipinski definition) is 2. The Balaban J connectivity index is 1.63. The van der Waals surface area contributed by atoms with E-state index in [0.717, 1.165) is 16.8 Å². The Bertz CT molecular complexity index is 1170. The second kappa shape index (κ2) is 11.5. The molecule has 0 aliphatic carbocycles. The molecule has 0 saturated heterocycles. The van der Waals surface area contributed by atoms with Gasteiger partial charge >= 0.3 is 0 Å². The van der Waals surface area contributed by atoms with Gasteiger partial charge in [-0.05, 0) is 53.6 Å². The molecule has 0 aliphatic rings. The van der Waals surface area contributed by atoms with E-state index in [1.807, 2.05) is 48.6 Å². The summed E-state index contributed by atoms with van der Waals surface area (Å²) in [7, 11) is 6.19. The van der Waals surface area contributed by atoms with E-state index in [0.29, 0.717) is 28.6 Å². The van der Waals surface area contributed by atoms with Gasteiger partial charge in [-0.25, -0.2) is 0 Å². The monoisotopic (exact) mass is 461 g/mol. The number of hydrogen-bond acceptors (Lipinski definition) is 7. The van der Waals surface area contributed by atoms with E-state index in [1.165, 1.54) is 19.3 Å². The van der Waals surface area contributed by atoms with E-state index >= 15 is 0 Å². The van der Waals surface area contributed by atoms with Crippen molar-refractivity contribution in [3.05, 3.63) is 83.6 Å². The quantitative estimate of drug-likeness (QED) is 0.237. The molecule has 0 atom stereocenters. The number of allylic oxidation sites excluding steroid dienone is 1. The Kier molecular flexibility index (Phi) is 8.18. The summed E-state index contributed by atoms with van der Waals surface area (Å²) in [5.41, 5.74) is 3.09. The molecule has 0 saturated carbocycles. The first kappa shape index (κ1) is 24.3. The van der Waals surface area contributed by atoms with Gasteiger partial charge in [0, 0.05) is 23.5 Å². The van der Waals surface area contributed by atoms with E-state index in [-0.39, 0.29) is 11.5 Å². The average molecular weight is 462 g/mol. The summed E-state index contributed by atoms with van der Waals surface area (Å²) in [6.45, 7) is 0. The number of benzene rings is 3. The predicted molar refractivity (Wildman–Crippen MR) is 133 cm³/mol. The number of aromatic hydroxyl groups is 1. The molecule has 176 valence electrons. The molecule has 0 heterocycles. The van der Waals surface area contributed by atoms with Crippen molar-refractivity contribution in [1.29, 1.82) is 0 Å². The van der Waals surface area contributed by atoms with Crippen molar-refractivity contribution in [3.63, 3.8) is 0 Å². The first-order chi connectivity index (χ1) is 16.5. The minimum atomic E-state index is -0.240. The number of phenols is 1. The van der Waals surface area contributed by atoms with Gasteiger partial charge in [0.05, 0.1) is 28.4 Å². The number of methoxy groups -OCH3 is 4. The normalized spacial score (nSPS) is 10.9. The highest BCUT2D eigenvalue weighted by Crippen LogP contribution is 2.38. The molecule has 0 aliphatic heterocycles. The molecule has 7 nitrogen and oxygen atoms in total. The van der Waals surface area contributed by atoms with Crippen molar-refractivity contribution in [2.45, 2.75) is 0 Å². The van der Waals surface area contributed by atoms with Crippen molar-refractivity contribution in [2.75, 3.05) is 33.8 Å². The van der Waals surface area contributed by atoms with Crippen molar-refractivity contribution in [3.8, 4) is 28.7 Å². The summed E-state index contributed by atoms with van der Waals surface area (Å²) < 4.78 is 21.1. The molecule has 0 spiro atoms. The molecule has 3 aromatic carbocycles. The van der Waals surface area contributed by atoms with Crippen LogP contribution in [0.1, 0.15) is 21.5 Å². The van der Waals surface area contributed by atoms with Gasteiger partial charge in [-0.2, -0.15) is 0 Å². The summed E-state index contributed by atoms with van der Waals surface area (Å²) in [6.07, 6.45) is 6.89. The number of nitrogens with one attached hydrogen (secondary N) is 1. The van der Waals surface area contributed by atoms with Gasteiger partial charge in [0.2, 0.25) is 5.75 Å². The fraction of sp³-hybridized carbons (Fsp3) is 0.148. The van der Waals surface area contributed by atoms with Crippen LogP contribution in [0.5, 0.6) is 28.7 Å². The zero-order valence-corrected chi connectivity index (χ0v) is 19.5. The minimum absolute atomic E-state index is 0.0788. The van der Waals surface area contributed by atoms with Gasteiger partial charge in [-0.15, -0.1) is 0 Å². The number of carbonyl (C=O) groups is 1. The lowest BCUT2D eigenvalue weighted by atomic mass is 10.1. The fourth-order valence-corrected chi connectivity index (χ4v) is 3.23. The van der Waals surface area contributed by atoms with E-state index in [9.17, 15) is 9.90 Å². The minimum Gasteiger partial charge on any atom is -0.504 e. The third-order valence-electron chi connectivity index (χ3n) is 5.01. The lowest BCUT2D eigenvalue weighted by Crippen LogP contribution is -1.97. The second-order valence-corrected chi connectivity index (χ2v) is 7.14. The third-order valence-corrected chi connectivity index (χ3v) is 5.01. The van der Waals surface area contributed by atoms with E-state index in [4.69, 9.17) is 18.9 Å². The summed E-state index contributed by atoms with van der Waals surface area (Å²) in [6, 6.07) is 16.0. The molecule has 2 N–H and O–H groups in total. The highest BCUT2D eigenvalue weighted by Gasteiger charge is 2.12. The standard InChI is InChI=1S/C27H27NO6/c1-31-24-12-9-20(17-23(24)30)22(29)13-14-28-21-10-7-18(8-11-21)5-6-19-15-25(32-2)27(34-4)26(16-19)33-3/h5-17,28,30H,1-4H3. The van der Waals surface area contributed by atoms with Crippen LogP contribution in [0.4, 0.5) is 5.69 Å². The predicted octanol–water partition coefficient (Wildman–Crippen LogP) is 5.41. The van der Waals surface area contributed by atoms with Crippen LogP contribution < -0.4 is 24.3 Å². The number of anilines is 1. The van der Waals surface area contributed by atoms with Crippen LogP contribution in [0.25, 0.3) is 12.2 Å². The number of carbonyl (C=O) groups excluding carboxylic acids is 1. The molecular formula is C27H27NO6. The molecule has 7 heteroatoms. The number of phenolic OH excluding ortho intramolecular Hbond substituents is 1. The average Bonchev–Trinajstić information content (AvgIpc) is 2.87. The summed E-state index contributed by atoms with van der Waals surface area (Å²) in [5.74, 6) is 1.73. The van der Waals surface area contributed by atoms with Crippen LogP contribution >= 0.6 is 0 Å². The molecule has 3 rings (SSSR count). The van der Waals surface area contributed by atoms with Gasteiger partial charge in [-0.1, -0.05) is 24.3 Å². The third kappa shape index (κ3) is 5.89. The van der Waals surface area contributed by atoms with Crippen LogP contribution in [0.15, 0.2) is 66.9 Å². The Hall–Kier alpha value is -4.39. The highest BCUT2D eigenvalue weighted by atomic mass is 16.5. The van der Waals surface area contributed by atoms with E-state index < -0.39 is 0 Å². The van der Waals surface area contributed by atoms with Crippen molar-refractivity contribution >= 4 is 23.6 Å². The van der Waals surface area contributed by atoms with Crippen molar-refractivity contribution < 1.29 is 28.8 Å². The van der Waals surface area contributed by atoms with Crippen molar-refractivity contribution in [1.82, 2.24) is 0 Å². The molecule has 0 fully saturated rings. The summed E-state index contributed by atoms with van der Waals surface area (Å²) in [4.78, 5) is 12.3. The maximum Gasteiger partial charge on any atom is 0.203 e. The topological polar surface area (TPSA) is 86.3 Å². The molecular weight excluding hydrogens is 434 g/mol. The lowest BCUT2D eigenvalue weighted by Gasteiger charge is -2.12. The van der Waals surface area contributed by atoms with Crippen LogP contribution in [0.3, 0.4) is 0 Å².